The predicted molar refractivity (Wildman–Crippen MR) is 109 cm³/mol. The minimum atomic E-state index is 0.158. The fourth-order valence-electron chi connectivity index (χ4n) is 4.54. The van der Waals surface area contributed by atoms with Crippen LogP contribution in [0.2, 0.25) is 0 Å². The van der Waals surface area contributed by atoms with Crippen molar-refractivity contribution in [1.82, 2.24) is 14.9 Å². The number of benzene rings is 1. The summed E-state index contributed by atoms with van der Waals surface area (Å²) in [6.45, 7) is 1.92. The van der Waals surface area contributed by atoms with Gasteiger partial charge < -0.3 is 14.5 Å². The number of aromatic nitrogens is 2. The van der Waals surface area contributed by atoms with Crippen molar-refractivity contribution in [2.45, 2.75) is 31.4 Å². The number of nitrogens with zero attached hydrogens (tertiary/aromatic N) is 2. The molecule has 144 valence electrons. The molecular formula is C23H25N3O2. The molecule has 5 nitrogen and oxygen atoms in total. The van der Waals surface area contributed by atoms with Crippen molar-refractivity contribution < 1.29 is 9.47 Å². The molecule has 0 aliphatic carbocycles. The van der Waals surface area contributed by atoms with Gasteiger partial charge in [-0.05, 0) is 60.7 Å². The number of fused-ring (bicyclic) bond motifs is 3. The fraction of sp³-hybridized carbons (Fsp3) is 0.348. The number of allylic oxidation sites excluding steroid dienone is 1. The lowest BCUT2D eigenvalue weighted by molar-refractivity contribution is 0.0637. The summed E-state index contributed by atoms with van der Waals surface area (Å²) in [5, 5.41) is 1.26. The summed E-state index contributed by atoms with van der Waals surface area (Å²) in [4.78, 5) is 10.6. The van der Waals surface area contributed by atoms with Crippen LogP contribution in [0.1, 0.15) is 35.7 Å². The van der Waals surface area contributed by atoms with Gasteiger partial charge in [-0.2, -0.15) is 0 Å². The van der Waals surface area contributed by atoms with Crippen molar-refractivity contribution in [3.8, 4) is 5.75 Å². The molecule has 5 heteroatoms. The van der Waals surface area contributed by atoms with Crippen molar-refractivity contribution in [2.24, 2.45) is 0 Å². The quantitative estimate of drug-likeness (QED) is 0.742. The Morgan fingerprint density at radius 2 is 2.29 bits per heavy atom. The first kappa shape index (κ1) is 17.3. The van der Waals surface area contributed by atoms with E-state index < -0.39 is 0 Å². The summed E-state index contributed by atoms with van der Waals surface area (Å²) in [5.41, 5.74) is 5.05. The standard InChI is InChI=1S/C23H25N3O2/c1-27-17-7-8-21-20(13-17)19-9-11-26(15-18-6-2-3-12-28-18)23(22(19)25-21)16-5-4-10-24-14-16/h3-5,7-8,10,12-14,18,23,25H,2,6,9,11,15H2,1H3/t18-,23+/m1/s1. The van der Waals surface area contributed by atoms with Crippen molar-refractivity contribution in [3.05, 3.63) is 71.9 Å². The van der Waals surface area contributed by atoms with E-state index in [-0.39, 0.29) is 12.1 Å². The summed E-state index contributed by atoms with van der Waals surface area (Å²) in [5.74, 6) is 0.900. The largest absolute Gasteiger partial charge is 0.497 e. The highest BCUT2D eigenvalue weighted by molar-refractivity contribution is 5.86. The Hall–Kier alpha value is -2.79. The van der Waals surface area contributed by atoms with E-state index in [4.69, 9.17) is 9.47 Å². The zero-order valence-corrected chi connectivity index (χ0v) is 16.1. The van der Waals surface area contributed by atoms with Crippen LogP contribution in [0.3, 0.4) is 0 Å². The van der Waals surface area contributed by atoms with Gasteiger partial charge in [0, 0.05) is 42.1 Å². The van der Waals surface area contributed by atoms with Crippen LogP contribution in [0.4, 0.5) is 0 Å². The van der Waals surface area contributed by atoms with Crippen LogP contribution in [-0.4, -0.2) is 41.2 Å². The Balaban J connectivity index is 1.57. The molecule has 28 heavy (non-hydrogen) atoms. The van der Waals surface area contributed by atoms with Gasteiger partial charge in [0.2, 0.25) is 0 Å². The molecule has 0 unspecified atom stereocenters. The summed E-state index contributed by atoms with van der Waals surface area (Å²) in [7, 11) is 1.72. The lowest BCUT2D eigenvalue weighted by Crippen LogP contribution is -2.41. The molecule has 4 heterocycles. The third kappa shape index (κ3) is 3.06. The van der Waals surface area contributed by atoms with E-state index in [1.165, 1.54) is 27.7 Å². The summed E-state index contributed by atoms with van der Waals surface area (Å²) in [6.07, 6.45) is 11.2. The highest BCUT2D eigenvalue weighted by atomic mass is 16.5. The van der Waals surface area contributed by atoms with Crippen LogP contribution in [0.5, 0.6) is 5.75 Å². The van der Waals surface area contributed by atoms with Crippen LogP contribution >= 0.6 is 0 Å². The SMILES string of the molecule is COc1ccc2[nH]c3c(c2c1)CCN(C[C@H]1CCC=CO1)[C@H]3c1cccnc1. The molecule has 0 saturated carbocycles. The number of H-pyrrole nitrogens is 1. The van der Waals surface area contributed by atoms with E-state index in [0.717, 1.165) is 38.1 Å². The van der Waals surface area contributed by atoms with Crippen LogP contribution in [0.15, 0.2) is 55.1 Å². The third-order valence-electron chi connectivity index (χ3n) is 5.89. The number of methoxy groups -OCH3 is 1. The van der Waals surface area contributed by atoms with Crippen molar-refractivity contribution in [2.75, 3.05) is 20.2 Å². The molecular weight excluding hydrogens is 350 g/mol. The minimum absolute atomic E-state index is 0.158. The molecule has 0 amide bonds. The Labute approximate surface area is 165 Å². The van der Waals surface area contributed by atoms with E-state index in [9.17, 15) is 0 Å². The van der Waals surface area contributed by atoms with Gasteiger partial charge >= 0.3 is 0 Å². The molecule has 2 atom stereocenters. The molecule has 0 spiro atoms. The monoisotopic (exact) mass is 375 g/mol. The molecule has 0 radical (unpaired) electrons. The molecule has 1 N–H and O–H groups in total. The van der Waals surface area contributed by atoms with Crippen LogP contribution < -0.4 is 4.74 Å². The molecule has 2 aromatic heterocycles. The molecule has 3 aromatic rings. The van der Waals surface area contributed by atoms with Gasteiger partial charge in [0.25, 0.3) is 0 Å². The number of aromatic amines is 1. The molecule has 2 aliphatic rings. The second-order valence-electron chi connectivity index (χ2n) is 7.57. The fourth-order valence-corrected chi connectivity index (χ4v) is 4.54. The second kappa shape index (κ2) is 7.32. The highest BCUT2D eigenvalue weighted by Gasteiger charge is 2.33. The number of nitrogens with one attached hydrogen (secondary N) is 1. The van der Waals surface area contributed by atoms with Crippen molar-refractivity contribution in [1.29, 1.82) is 0 Å². The Bertz CT molecular complexity index is 996. The normalized spacial score (nSPS) is 22.0. The molecule has 0 saturated heterocycles. The Kier molecular flexibility index (Phi) is 4.53. The first-order chi connectivity index (χ1) is 13.8. The highest BCUT2D eigenvalue weighted by Crippen LogP contribution is 2.39. The van der Waals surface area contributed by atoms with Crippen molar-refractivity contribution >= 4 is 10.9 Å². The minimum Gasteiger partial charge on any atom is -0.497 e. The first-order valence-electron chi connectivity index (χ1n) is 9.96. The summed E-state index contributed by atoms with van der Waals surface area (Å²) < 4.78 is 11.3. The van der Waals surface area contributed by atoms with E-state index >= 15 is 0 Å². The number of rotatable bonds is 4. The third-order valence-corrected chi connectivity index (χ3v) is 5.89. The van der Waals surface area contributed by atoms with E-state index in [1.54, 1.807) is 7.11 Å². The van der Waals surface area contributed by atoms with Gasteiger partial charge in [-0.25, -0.2) is 0 Å². The zero-order chi connectivity index (χ0) is 18.9. The number of hydrogen-bond donors (Lipinski definition) is 1. The van der Waals surface area contributed by atoms with Crippen LogP contribution in [-0.2, 0) is 11.2 Å². The first-order valence-corrected chi connectivity index (χ1v) is 9.96. The van der Waals surface area contributed by atoms with Gasteiger partial charge in [-0.1, -0.05) is 6.07 Å². The maximum absolute atomic E-state index is 5.88. The maximum atomic E-state index is 5.88. The van der Waals surface area contributed by atoms with Gasteiger partial charge in [0.05, 0.1) is 19.4 Å². The molecule has 5 rings (SSSR count). The van der Waals surface area contributed by atoms with E-state index in [0.29, 0.717) is 0 Å². The lowest BCUT2D eigenvalue weighted by atomic mass is 9.92. The number of hydrogen-bond acceptors (Lipinski definition) is 4. The lowest BCUT2D eigenvalue weighted by Gasteiger charge is -2.38. The predicted octanol–water partition coefficient (Wildman–Crippen LogP) is 4.21. The van der Waals surface area contributed by atoms with Crippen molar-refractivity contribution in [3.63, 3.8) is 0 Å². The topological polar surface area (TPSA) is 50.4 Å². The van der Waals surface area contributed by atoms with Gasteiger partial charge in [-0.15, -0.1) is 0 Å². The maximum Gasteiger partial charge on any atom is 0.119 e. The van der Waals surface area contributed by atoms with Crippen LogP contribution in [0.25, 0.3) is 10.9 Å². The van der Waals surface area contributed by atoms with Crippen LogP contribution in [0, 0.1) is 0 Å². The molecule has 0 bridgehead atoms. The number of pyridine rings is 1. The average molecular weight is 375 g/mol. The van der Waals surface area contributed by atoms with Gasteiger partial charge in [-0.3, -0.25) is 9.88 Å². The Morgan fingerprint density at radius 1 is 1.32 bits per heavy atom. The smallest absolute Gasteiger partial charge is 0.119 e. The zero-order valence-electron chi connectivity index (χ0n) is 16.1. The molecule has 0 fully saturated rings. The van der Waals surface area contributed by atoms with Gasteiger partial charge in [0.1, 0.15) is 11.9 Å². The van der Waals surface area contributed by atoms with Gasteiger partial charge in [0.15, 0.2) is 0 Å². The van der Waals surface area contributed by atoms with E-state index in [2.05, 4.69) is 39.1 Å². The molecule has 2 aliphatic heterocycles. The summed E-state index contributed by atoms with van der Waals surface area (Å²) in [6, 6.07) is 10.6. The Morgan fingerprint density at radius 3 is 3.07 bits per heavy atom. The second-order valence-corrected chi connectivity index (χ2v) is 7.57. The number of ether oxygens (including phenoxy) is 2. The average Bonchev–Trinajstić information content (AvgIpc) is 3.12. The molecule has 1 aromatic carbocycles. The summed E-state index contributed by atoms with van der Waals surface area (Å²) >= 11 is 0. The van der Waals surface area contributed by atoms with E-state index in [1.807, 2.05) is 30.8 Å².